The summed E-state index contributed by atoms with van der Waals surface area (Å²) in [4.78, 5) is 0. The van der Waals surface area contributed by atoms with Gasteiger partial charge in [0.05, 0.1) is 16.4 Å². The number of rotatable bonds is 6. The van der Waals surface area contributed by atoms with Crippen molar-refractivity contribution < 1.29 is 0 Å². The lowest BCUT2D eigenvalue weighted by atomic mass is 9.96. The molecule has 0 bridgehead atoms. The summed E-state index contributed by atoms with van der Waals surface area (Å²) in [5, 5.41) is 6.33. The van der Waals surface area contributed by atoms with E-state index in [9.17, 15) is 0 Å². The van der Waals surface area contributed by atoms with Crippen molar-refractivity contribution in [2.45, 2.75) is 39.2 Å². The van der Waals surface area contributed by atoms with E-state index < -0.39 is 0 Å². The van der Waals surface area contributed by atoms with Crippen molar-refractivity contribution in [1.82, 2.24) is 9.78 Å². The van der Waals surface area contributed by atoms with Crippen LogP contribution >= 0.6 is 43.5 Å². The molecule has 0 fully saturated rings. The third kappa shape index (κ3) is 3.72. The zero-order valence-electron chi connectivity index (χ0n) is 12.2. The Morgan fingerprint density at radius 3 is 2.57 bits per heavy atom. The summed E-state index contributed by atoms with van der Waals surface area (Å²) in [6, 6.07) is 8.36. The Morgan fingerprint density at radius 2 is 2.00 bits per heavy atom. The summed E-state index contributed by atoms with van der Waals surface area (Å²) in [6.07, 6.45) is 1.75. The molecule has 114 valence electrons. The van der Waals surface area contributed by atoms with Crippen molar-refractivity contribution >= 4 is 43.5 Å². The molecule has 2 nitrogen and oxygen atoms in total. The van der Waals surface area contributed by atoms with Crippen molar-refractivity contribution in [3.63, 3.8) is 0 Å². The molecule has 1 atom stereocenters. The average Bonchev–Trinajstić information content (AvgIpc) is 2.81. The van der Waals surface area contributed by atoms with E-state index in [0.717, 1.165) is 45.6 Å². The zero-order chi connectivity index (χ0) is 15.4. The third-order valence-corrected chi connectivity index (χ3v) is 5.61. The van der Waals surface area contributed by atoms with Crippen molar-refractivity contribution in [1.29, 1.82) is 0 Å². The van der Waals surface area contributed by atoms with Gasteiger partial charge in [0.15, 0.2) is 0 Å². The van der Waals surface area contributed by atoms with E-state index in [2.05, 4.69) is 69.0 Å². The van der Waals surface area contributed by atoms with E-state index >= 15 is 0 Å². The summed E-state index contributed by atoms with van der Waals surface area (Å²) in [7, 11) is 0. The number of hydrogen-bond donors (Lipinski definition) is 0. The highest BCUT2D eigenvalue weighted by molar-refractivity contribution is 9.10. The summed E-state index contributed by atoms with van der Waals surface area (Å²) >= 11 is 13.8. The number of aromatic nitrogens is 2. The van der Waals surface area contributed by atoms with Crippen molar-refractivity contribution in [3.8, 4) is 0 Å². The molecule has 0 radical (unpaired) electrons. The molecule has 0 aliphatic heterocycles. The quantitative estimate of drug-likeness (QED) is 0.541. The molecule has 1 aromatic carbocycles. The number of aryl methyl sites for hydroxylation is 2. The molecule has 21 heavy (non-hydrogen) atoms. The van der Waals surface area contributed by atoms with E-state index in [0.29, 0.717) is 5.92 Å². The molecule has 1 aromatic heterocycles. The molecule has 5 heteroatoms. The van der Waals surface area contributed by atoms with Crippen LogP contribution in [0.25, 0.3) is 0 Å². The Kier molecular flexibility index (Phi) is 6.33. The van der Waals surface area contributed by atoms with E-state index in [1.807, 2.05) is 10.7 Å². The molecule has 2 aromatic rings. The van der Waals surface area contributed by atoms with Crippen LogP contribution < -0.4 is 0 Å². The van der Waals surface area contributed by atoms with Crippen LogP contribution in [0, 0.1) is 0 Å². The van der Waals surface area contributed by atoms with Crippen molar-refractivity contribution in [3.05, 3.63) is 50.7 Å². The fraction of sp³-hybridized carbons (Fsp3) is 0.438. The number of nitrogens with zero attached hydrogens (tertiary/aromatic N) is 2. The molecular formula is C16H19Br2ClN2. The summed E-state index contributed by atoms with van der Waals surface area (Å²) in [5.74, 6) is 0.366. The second-order valence-corrected chi connectivity index (χ2v) is 6.83. The first-order chi connectivity index (χ1) is 10.1. The summed E-state index contributed by atoms with van der Waals surface area (Å²) in [5.41, 5.74) is 3.43. The van der Waals surface area contributed by atoms with Crippen molar-refractivity contribution in [2.24, 2.45) is 0 Å². The predicted molar refractivity (Wildman–Crippen MR) is 96.7 cm³/mol. The van der Waals surface area contributed by atoms with Crippen LogP contribution in [0.4, 0.5) is 0 Å². The van der Waals surface area contributed by atoms with E-state index in [1.54, 1.807) is 0 Å². The lowest BCUT2D eigenvalue weighted by Gasteiger charge is -2.17. The minimum Gasteiger partial charge on any atom is -0.268 e. The Bertz CT molecular complexity index is 610. The highest BCUT2D eigenvalue weighted by Gasteiger charge is 2.20. The van der Waals surface area contributed by atoms with Crippen LogP contribution in [-0.4, -0.2) is 15.1 Å². The number of hydrogen-bond acceptors (Lipinski definition) is 1. The fourth-order valence-corrected chi connectivity index (χ4v) is 4.03. The standard InChI is InChI=1S/C16H19Br2ClN2/c1-3-14-16(19)15(21(4-2)20-14)9-11(10-17)12-7-5-6-8-13(12)18/h5-8,11H,3-4,9-10H2,1-2H3. The second kappa shape index (κ2) is 7.80. The monoisotopic (exact) mass is 432 g/mol. The topological polar surface area (TPSA) is 17.8 Å². The molecular weight excluding hydrogens is 415 g/mol. The van der Waals surface area contributed by atoms with E-state index in [-0.39, 0.29) is 0 Å². The average molecular weight is 435 g/mol. The van der Waals surface area contributed by atoms with Gasteiger partial charge in [-0.2, -0.15) is 5.10 Å². The highest BCUT2D eigenvalue weighted by atomic mass is 79.9. The highest BCUT2D eigenvalue weighted by Crippen LogP contribution is 2.32. The number of alkyl halides is 1. The molecule has 1 unspecified atom stereocenters. The smallest absolute Gasteiger partial charge is 0.0850 e. The Morgan fingerprint density at radius 1 is 1.29 bits per heavy atom. The van der Waals surface area contributed by atoms with Gasteiger partial charge in [0.25, 0.3) is 0 Å². The molecule has 0 aliphatic carbocycles. The molecule has 0 aliphatic rings. The van der Waals surface area contributed by atoms with Gasteiger partial charge in [0, 0.05) is 22.3 Å². The fourth-order valence-electron chi connectivity index (χ4n) is 2.50. The first kappa shape index (κ1) is 17.0. The second-order valence-electron chi connectivity index (χ2n) is 4.95. The molecule has 2 rings (SSSR count). The third-order valence-electron chi connectivity index (χ3n) is 3.67. The maximum Gasteiger partial charge on any atom is 0.0850 e. The molecule has 0 saturated heterocycles. The van der Waals surface area contributed by atoms with Crippen LogP contribution in [0.5, 0.6) is 0 Å². The van der Waals surface area contributed by atoms with E-state index in [1.165, 1.54) is 5.56 Å². The largest absolute Gasteiger partial charge is 0.268 e. The Hall–Kier alpha value is -0.320. The first-order valence-corrected chi connectivity index (χ1v) is 9.45. The molecule has 0 amide bonds. The van der Waals surface area contributed by atoms with Gasteiger partial charge in [-0.1, -0.05) is 68.6 Å². The summed E-state index contributed by atoms with van der Waals surface area (Å²) in [6.45, 7) is 5.04. The molecule has 1 heterocycles. The lowest BCUT2D eigenvalue weighted by molar-refractivity contribution is 0.594. The zero-order valence-corrected chi connectivity index (χ0v) is 16.2. The van der Waals surface area contributed by atoms with Crippen LogP contribution in [0.1, 0.15) is 36.7 Å². The minimum atomic E-state index is 0.366. The van der Waals surface area contributed by atoms with Crippen LogP contribution in [0.2, 0.25) is 5.02 Å². The summed E-state index contributed by atoms with van der Waals surface area (Å²) < 4.78 is 3.18. The van der Waals surface area contributed by atoms with Gasteiger partial charge < -0.3 is 0 Å². The number of halogens is 3. The normalized spacial score (nSPS) is 12.6. The van der Waals surface area contributed by atoms with Crippen LogP contribution in [0.3, 0.4) is 0 Å². The van der Waals surface area contributed by atoms with Gasteiger partial charge in [-0.3, -0.25) is 4.68 Å². The predicted octanol–water partition coefficient (Wildman–Crippen LogP) is 5.60. The van der Waals surface area contributed by atoms with Gasteiger partial charge in [-0.25, -0.2) is 0 Å². The first-order valence-electron chi connectivity index (χ1n) is 7.16. The number of benzene rings is 1. The molecule has 0 saturated carbocycles. The van der Waals surface area contributed by atoms with Gasteiger partial charge in [0.2, 0.25) is 0 Å². The Labute approximate surface area is 148 Å². The van der Waals surface area contributed by atoms with Crippen LogP contribution in [0.15, 0.2) is 28.7 Å². The van der Waals surface area contributed by atoms with Gasteiger partial charge in [0.1, 0.15) is 0 Å². The lowest BCUT2D eigenvalue weighted by Crippen LogP contribution is -2.11. The maximum atomic E-state index is 6.53. The SMILES string of the molecule is CCc1nn(CC)c(CC(CBr)c2ccccc2Br)c1Cl. The van der Waals surface area contributed by atoms with Gasteiger partial charge in [-0.15, -0.1) is 0 Å². The van der Waals surface area contributed by atoms with Crippen LogP contribution in [-0.2, 0) is 19.4 Å². The van der Waals surface area contributed by atoms with E-state index in [4.69, 9.17) is 11.6 Å². The Balaban J connectivity index is 2.35. The van der Waals surface area contributed by atoms with Crippen molar-refractivity contribution in [2.75, 3.05) is 5.33 Å². The molecule has 0 spiro atoms. The maximum absolute atomic E-state index is 6.53. The van der Waals surface area contributed by atoms with Gasteiger partial charge in [-0.05, 0) is 31.4 Å². The van der Waals surface area contributed by atoms with Gasteiger partial charge >= 0.3 is 0 Å². The molecule has 0 N–H and O–H groups in total. The minimum absolute atomic E-state index is 0.366.